The minimum atomic E-state index is -5.67. The molecule has 160 valence electrons. The van der Waals surface area contributed by atoms with E-state index in [1.807, 2.05) is 6.92 Å². The Hall–Kier alpha value is -1.55. The number of hydrogen-bond donors (Lipinski definition) is 1. The summed E-state index contributed by atoms with van der Waals surface area (Å²) in [6.07, 6.45) is 3.22. The van der Waals surface area contributed by atoms with E-state index >= 15 is 0 Å². The fraction of sp³-hybridized carbons (Fsp3) is 0.778. The molecule has 7 nitrogen and oxygen atoms in total. The maximum atomic E-state index is 13.3. The molecule has 0 amide bonds. The van der Waals surface area contributed by atoms with Crippen molar-refractivity contribution in [2.45, 2.75) is 63.2 Å². The van der Waals surface area contributed by atoms with Crippen LogP contribution in [-0.2, 0) is 29.2 Å². The molecule has 0 aromatic rings. The summed E-state index contributed by atoms with van der Waals surface area (Å²) in [6.45, 7) is 5.38. The highest BCUT2D eigenvalue weighted by atomic mass is 32.2. The molecule has 2 saturated carbocycles. The number of fused-ring (bicyclic) bond motifs is 2. The van der Waals surface area contributed by atoms with Crippen molar-refractivity contribution < 1.29 is 40.8 Å². The van der Waals surface area contributed by atoms with Gasteiger partial charge >= 0.3 is 27.3 Å². The fourth-order valence-corrected chi connectivity index (χ4v) is 4.43. The van der Waals surface area contributed by atoms with Crippen LogP contribution in [0.1, 0.15) is 52.4 Å². The van der Waals surface area contributed by atoms with E-state index in [1.165, 1.54) is 0 Å². The highest BCUT2D eigenvalue weighted by Gasteiger charge is 2.52. The number of rotatable bonds is 7. The van der Waals surface area contributed by atoms with Gasteiger partial charge in [0.05, 0.1) is 5.92 Å². The number of alkyl halides is 2. The summed E-state index contributed by atoms with van der Waals surface area (Å²) in [5, 5.41) is -4.56. The van der Waals surface area contributed by atoms with Gasteiger partial charge in [-0.25, -0.2) is 4.79 Å². The Morgan fingerprint density at radius 2 is 1.96 bits per heavy atom. The van der Waals surface area contributed by atoms with Gasteiger partial charge in [-0.1, -0.05) is 19.9 Å². The van der Waals surface area contributed by atoms with Crippen LogP contribution >= 0.6 is 0 Å². The number of ether oxygens (including phenoxy) is 2. The molecule has 28 heavy (non-hydrogen) atoms. The highest BCUT2D eigenvalue weighted by Crippen LogP contribution is 2.51. The monoisotopic (exact) mass is 424 g/mol. The normalized spacial score (nSPS) is 30.4. The standard InChI is InChI=1S/C18H26F2O7S/c1-4-12-7-13-9-17(8-12,27-15(21)11(2)3)6-5-14(13)16(22)26-10-18(19,20)28(23,24)25/h12-14H,2,4-10H2,1,3H3,(H,23,24,25). The molecule has 1 N–H and O–H groups in total. The first kappa shape index (κ1) is 22.7. The molecular weight excluding hydrogens is 398 g/mol. The molecule has 2 fully saturated rings. The first-order valence-electron chi connectivity index (χ1n) is 9.20. The van der Waals surface area contributed by atoms with E-state index in [0.29, 0.717) is 25.7 Å². The van der Waals surface area contributed by atoms with Crippen molar-refractivity contribution in [3.8, 4) is 0 Å². The smallest absolute Gasteiger partial charge is 0.402 e. The van der Waals surface area contributed by atoms with Gasteiger partial charge in [0.25, 0.3) is 0 Å². The van der Waals surface area contributed by atoms with Crippen LogP contribution in [0.3, 0.4) is 0 Å². The van der Waals surface area contributed by atoms with Gasteiger partial charge in [-0.3, -0.25) is 9.35 Å². The predicted molar refractivity (Wildman–Crippen MR) is 94.9 cm³/mol. The van der Waals surface area contributed by atoms with Gasteiger partial charge in [-0.15, -0.1) is 0 Å². The second-order valence-electron chi connectivity index (χ2n) is 7.90. The molecule has 0 aromatic carbocycles. The number of carbonyl (C=O) groups excluding carboxylic acids is 2. The van der Waals surface area contributed by atoms with E-state index in [0.717, 1.165) is 6.42 Å². The maximum Gasteiger partial charge on any atom is 0.402 e. The minimum Gasteiger partial charge on any atom is -0.458 e. The van der Waals surface area contributed by atoms with Crippen LogP contribution in [0, 0.1) is 17.8 Å². The molecule has 0 aromatic heterocycles. The van der Waals surface area contributed by atoms with Crippen molar-refractivity contribution >= 4 is 22.1 Å². The average Bonchev–Trinajstić information content (AvgIpc) is 2.58. The molecule has 0 aliphatic heterocycles. The first-order valence-corrected chi connectivity index (χ1v) is 10.6. The summed E-state index contributed by atoms with van der Waals surface area (Å²) in [5.41, 5.74) is -0.437. The Labute approximate surface area is 163 Å². The minimum absolute atomic E-state index is 0.200. The lowest BCUT2D eigenvalue weighted by atomic mass is 9.60. The Kier molecular flexibility index (Phi) is 6.54. The molecule has 2 rings (SSSR count). The largest absolute Gasteiger partial charge is 0.458 e. The molecule has 4 atom stereocenters. The summed E-state index contributed by atoms with van der Waals surface area (Å²) in [4.78, 5) is 24.4. The topological polar surface area (TPSA) is 107 Å². The van der Waals surface area contributed by atoms with Gasteiger partial charge in [0.1, 0.15) is 5.60 Å². The molecule has 0 heterocycles. The SMILES string of the molecule is C=C(C)C(=O)OC12CCC(C(=O)OCC(F)(F)S(=O)(=O)O)C(CC(CC)C1)C2. The van der Waals surface area contributed by atoms with Gasteiger partial charge in [0.2, 0.25) is 0 Å². The zero-order chi connectivity index (χ0) is 21.3. The molecule has 0 spiro atoms. The summed E-state index contributed by atoms with van der Waals surface area (Å²) in [5.74, 6) is -2.14. The Balaban J connectivity index is 2.10. The second kappa shape index (κ2) is 8.06. The highest BCUT2D eigenvalue weighted by molar-refractivity contribution is 7.86. The molecule has 4 unspecified atom stereocenters. The lowest BCUT2D eigenvalue weighted by molar-refractivity contribution is -0.179. The van der Waals surface area contributed by atoms with Crippen LogP contribution < -0.4 is 0 Å². The van der Waals surface area contributed by atoms with E-state index in [-0.39, 0.29) is 23.8 Å². The van der Waals surface area contributed by atoms with Crippen molar-refractivity contribution in [3.05, 3.63) is 12.2 Å². The van der Waals surface area contributed by atoms with Gasteiger partial charge in [-0.2, -0.15) is 17.2 Å². The van der Waals surface area contributed by atoms with Crippen LogP contribution in [0.15, 0.2) is 12.2 Å². The van der Waals surface area contributed by atoms with Crippen molar-refractivity contribution in [1.29, 1.82) is 0 Å². The zero-order valence-corrected chi connectivity index (χ0v) is 16.8. The van der Waals surface area contributed by atoms with Gasteiger partial charge in [-0.05, 0) is 50.9 Å². The van der Waals surface area contributed by atoms with Crippen molar-refractivity contribution in [3.63, 3.8) is 0 Å². The maximum absolute atomic E-state index is 13.3. The van der Waals surface area contributed by atoms with Gasteiger partial charge < -0.3 is 9.47 Å². The Bertz CT molecular complexity index is 749. The van der Waals surface area contributed by atoms with Crippen molar-refractivity contribution in [2.24, 2.45) is 17.8 Å². The summed E-state index contributed by atoms with van der Waals surface area (Å²) < 4.78 is 66.7. The fourth-order valence-electron chi connectivity index (χ4n) is 4.22. The summed E-state index contributed by atoms with van der Waals surface area (Å²) in [6, 6.07) is 0. The third-order valence-electron chi connectivity index (χ3n) is 5.71. The third-order valence-corrected chi connectivity index (χ3v) is 6.58. The first-order chi connectivity index (χ1) is 12.8. The van der Waals surface area contributed by atoms with Crippen LogP contribution in [0.2, 0.25) is 0 Å². The summed E-state index contributed by atoms with van der Waals surface area (Å²) >= 11 is 0. The van der Waals surface area contributed by atoms with E-state index in [1.54, 1.807) is 6.92 Å². The average molecular weight is 424 g/mol. The lowest BCUT2D eigenvalue weighted by Gasteiger charge is -2.49. The lowest BCUT2D eigenvalue weighted by Crippen LogP contribution is -2.50. The van der Waals surface area contributed by atoms with Crippen LogP contribution in [0.5, 0.6) is 0 Å². The summed E-state index contributed by atoms with van der Waals surface area (Å²) in [7, 11) is -5.67. The van der Waals surface area contributed by atoms with Crippen LogP contribution in [0.4, 0.5) is 8.78 Å². The molecule has 0 saturated heterocycles. The number of carbonyl (C=O) groups is 2. The zero-order valence-electron chi connectivity index (χ0n) is 15.9. The molecular formula is C18H26F2O7S. The third kappa shape index (κ3) is 4.89. The van der Waals surface area contributed by atoms with Crippen molar-refractivity contribution in [1.82, 2.24) is 0 Å². The number of hydrogen-bond acceptors (Lipinski definition) is 6. The van der Waals surface area contributed by atoms with Gasteiger partial charge in [0.15, 0.2) is 6.61 Å². The quantitative estimate of drug-likeness (QED) is 0.380. The number of halogens is 2. The second-order valence-corrected chi connectivity index (χ2v) is 9.44. The van der Waals surface area contributed by atoms with Gasteiger partial charge in [0, 0.05) is 5.57 Å². The van der Waals surface area contributed by atoms with Crippen molar-refractivity contribution in [2.75, 3.05) is 6.61 Å². The molecule has 2 aliphatic carbocycles. The van der Waals surface area contributed by atoms with E-state index in [4.69, 9.17) is 9.29 Å². The number of esters is 2. The Morgan fingerprint density at radius 3 is 2.50 bits per heavy atom. The predicted octanol–water partition coefficient (Wildman–Crippen LogP) is 3.10. The molecule has 2 aliphatic rings. The molecule has 10 heteroatoms. The van der Waals surface area contributed by atoms with E-state index in [2.05, 4.69) is 11.3 Å². The molecule has 0 radical (unpaired) electrons. The van der Waals surface area contributed by atoms with E-state index < -0.39 is 45.4 Å². The Morgan fingerprint density at radius 1 is 1.32 bits per heavy atom. The van der Waals surface area contributed by atoms with E-state index in [9.17, 15) is 26.8 Å². The van der Waals surface area contributed by atoms with Crippen LogP contribution in [-0.4, -0.2) is 42.4 Å². The van der Waals surface area contributed by atoms with Crippen LogP contribution in [0.25, 0.3) is 0 Å². The molecule has 2 bridgehead atoms.